The first-order valence-corrected chi connectivity index (χ1v) is 7.35. The van der Waals surface area contributed by atoms with Crippen molar-refractivity contribution in [2.24, 2.45) is 0 Å². The first kappa shape index (κ1) is 15.0. The van der Waals surface area contributed by atoms with Gasteiger partial charge in [-0.1, -0.05) is 30.3 Å². The van der Waals surface area contributed by atoms with Gasteiger partial charge in [0.1, 0.15) is 13.2 Å². The molecule has 0 aliphatic carbocycles. The molecular weight excluding hydrogens is 296 g/mol. The van der Waals surface area contributed by atoms with Gasteiger partial charge < -0.3 is 9.64 Å². The summed E-state index contributed by atoms with van der Waals surface area (Å²) in [6, 6.07) is 14.2. The summed E-state index contributed by atoms with van der Waals surface area (Å²) in [4.78, 5) is 24.3. The lowest BCUT2D eigenvalue weighted by Crippen LogP contribution is -2.29. The Bertz CT molecular complexity index is 731. The first-order valence-electron chi connectivity index (χ1n) is 7.35. The van der Waals surface area contributed by atoms with Gasteiger partial charge in [-0.25, -0.2) is 0 Å². The van der Waals surface area contributed by atoms with Gasteiger partial charge in [0.15, 0.2) is 0 Å². The summed E-state index contributed by atoms with van der Waals surface area (Å²) < 4.78 is 5.28. The van der Waals surface area contributed by atoms with Crippen LogP contribution in [-0.2, 0) is 22.6 Å². The Morgan fingerprint density at radius 3 is 2.74 bits per heavy atom. The van der Waals surface area contributed by atoms with E-state index in [-0.39, 0.29) is 24.8 Å². The molecule has 0 aromatic heterocycles. The van der Waals surface area contributed by atoms with Crippen LogP contribution in [0, 0.1) is 10.1 Å². The number of fused-ring (bicyclic) bond motifs is 1. The predicted molar refractivity (Wildman–Crippen MR) is 85.3 cm³/mol. The van der Waals surface area contributed by atoms with Crippen molar-refractivity contribution in [1.82, 2.24) is 0 Å². The van der Waals surface area contributed by atoms with Crippen molar-refractivity contribution in [1.29, 1.82) is 0 Å². The molecule has 0 fully saturated rings. The van der Waals surface area contributed by atoms with Gasteiger partial charge in [-0.15, -0.1) is 0 Å². The highest BCUT2D eigenvalue weighted by Crippen LogP contribution is 2.30. The average molecular weight is 312 g/mol. The number of ether oxygens (including phenoxy) is 1. The summed E-state index contributed by atoms with van der Waals surface area (Å²) in [6.45, 7) is 1.06. The van der Waals surface area contributed by atoms with Crippen LogP contribution in [0.2, 0.25) is 0 Å². The predicted octanol–water partition coefficient (Wildman–Crippen LogP) is 2.70. The Hall–Kier alpha value is -2.89. The maximum Gasteiger partial charge on any atom is 0.325 e. The number of nitro benzene ring substituents is 1. The summed E-state index contributed by atoms with van der Waals surface area (Å²) in [5, 5.41) is 10.8. The third-order valence-corrected chi connectivity index (χ3v) is 3.83. The monoisotopic (exact) mass is 312 g/mol. The van der Waals surface area contributed by atoms with Gasteiger partial charge in [0.2, 0.25) is 0 Å². The van der Waals surface area contributed by atoms with E-state index in [1.165, 1.54) is 6.07 Å². The maximum absolute atomic E-state index is 12.0. The molecule has 0 saturated carbocycles. The fourth-order valence-electron chi connectivity index (χ4n) is 2.67. The summed E-state index contributed by atoms with van der Waals surface area (Å²) >= 11 is 0. The molecule has 1 aliphatic heterocycles. The van der Waals surface area contributed by atoms with Crippen LogP contribution in [-0.4, -0.2) is 24.0 Å². The van der Waals surface area contributed by atoms with Crippen LogP contribution in [0.4, 0.5) is 11.4 Å². The molecule has 2 aromatic carbocycles. The number of benzene rings is 2. The molecule has 118 valence electrons. The number of hydrogen-bond donors (Lipinski definition) is 0. The highest BCUT2D eigenvalue weighted by atomic mass is 16.6. The van der Waals surface area contributed by atoms with Gasteiger partial charge in [0.05, 0.1) is 4.92 Å². The molecule has 0 radical (unpaired) electrons. The fraction of sp³-hybridized carbons (Fsp3) is 0.235. The molecule has 0 saturated heterocycles. The zero-order valence-electron chi connectivity index (χ0n) is 12.5. The van der Waals surface area contributed by atoms with Crippen molar-refractivity contribution in [3.63, 3.8) is 0 Å². The first-order chi connectivity index (χ1) is 11.1. The third-order valence-electron chi connectivity index (χ3n) is 3.83. The molecule has 6 heteroatoms. The van der Waals surface area contributed by atoms with Crippen LogP contribution >= 0.6 is 0 Å². The number of carbonyl (C=O) groups excluding carboxylic acids is 1. The van der Waals surface area contributed by atoms with Gasteiger partial charge >= 0.3 is 5.97 Å². The van der Waals surface area contributed by atoms with Crippen LogP contribution in [0.15, 0.2) is 48.5 Å². The van der Waals surface area contributed by atoms with Gasteiger partial charge in [0, 0.05) is 24.4 Å². The van der Waals surface area contributed by atoms with E-state index in [2.05, 4.69) is 0 Å². The Balaban J connectivity index is 1.60. The highest BCUT2D eigenvalue weighted by molar-refractivity contribution is 5.77. The number of anilines is 1. The van der Waals surface area contributed by atoms with E-state index >= 15 is 0 Å². The molecular formula is C17H16N2O4. The van der Waals surface area contributed by atoms with E-state index in [4.69, 9.17) is 4.74 Å². The molecule has 0 amide bonds. The molecule has 0 spiro atoms. The van der Waals surface area contributed by atoms with E-state index in [9.17, 15) is 14.9 Å². The van der Waals surface area contributed by atoms with Gasteiger partial charge in [-0.3, -0.25) is 14.9 Å². The lowest BCUT2D eigenvalue weighted by atomic mass is 10.1. The third kappa shape index (κ3) is 3.48. The van der Waals surface area contributed by atoms with Crippen LogP contribution < -0.4 is 4.90 Å². The Kier molecular flexibility index (Phi) is 4.23. The van der Waals surface area contributed by atoms with Crippen molar-refractivity contribution >= 4 is 17.3 Å². The van der Waals surface area contributed by atoms with Crippen molar-refractivity contribution in [2.75, 3.05) is 18.0 Å². The summed E-state index contributed by atoms with van der Waals surface area (Å²) in [5.41, 5.74) is 2.79. The zero-order chi connectivity index (χ0) is 16.2. The summed E-state index contributed by atoms with van der Waals surface area (Å²) in [6.07, 6.45) is 0.697. The van der Waals surface area contributed by atoms with E-state index in [0.29, 0.717) is 13.0 Å². The smallest absolute Gasteiger partial charge is 0.325 e. The topological polar surface area (TPSA) is 72.7 Å². The molecule has 0 unspecified atom stereocenters. The van der Waals surface area contributed by atoms with Crippen molar-refractivity contribution in [3.05, 3.63) is 69.8 Å². The molecule has 0 atom stereocenters. The number of hydrogen-bond acceptors (Lipinski definition) is 5. The molecule has 2 aromatic rings. The minimum atomic E-state index is -0.406. The molecule has 23 heavy (non-hydrogen) atoms. The van der Waals surface area contributed by atoms with E-state index in [0.717, 1.165) is 16.8 Å². The molecule has 1 heterocycles. The van der Waals surface area contributed by atoms with Gasteiger partial charge in [-0.2, -0.15) is 0 Å². The van der Waals surface area contributed by atoms with Gasteiger partial charge in [-0.05, 0) is 23.6 Å². The van der Waals surface area contributed by atoms with E-state index in [1.807, 2.05) is 35.2 Å². The number of carbonyl (C=O) groups is 1. The second-order valence-corrected chi connectivity index (χ2v) is 5.39. The molecule has 0 bridgehead atoms. The maximum atomic E-state index is 12.0. The van der Waals surface area contributed by atoms with Crippen LogP contribution in [0.25, 0.3) is 0 Å². The molecule has 1 aliphatic rings. The second kappa shape index (κ2) is 6.48. The standard InChI is InChI=1S/C17H16N2O4/c20-17(23-12-13-4-2-1-3-5-13)11-18-9-8-14-10-15(19(21)22)6-7-16(14)18/h1-7,10H,8-9,11-12H2. The van der Waals surface area contributed by atoms with E-state index < -0.39 is 4.92 Å². The zero-order valence-corrected chi connectivity index (χ0v) is 12.5. The van der Waals surface area contributed by atoms with Crippen molar-refractivity contribution in [2.45, 2.75) is 13.0 Å². The molecule has 3 rings (SSSR count). The van der Waals surface area contributed by atoms with Crippen LogP contribution in [0.5, 0.6) is 0 Å². The fourth-order valence-corrected chi connectivity index (χ4v) is 2.67. The number of rotatable bonds is 5. The summed E-state index contributed by atoms with van der Waals surface area (Å²) in [7, 11) is 0. The van der Waals surface area contributed by atoms with Gasteiger partial charge in [0.25, 0.3) is 5.69 Å². The number of esters is 1. The Morgan fingerprint density at radius 1 is 1.22 bits per heavy atom. The quantitative estimate of drug-likeness (QED) is 0.482. The normalized spacial score (nSPS) is 12.8. The number of nitrogens with zero attached hydrogens (tertiary/aromatic N) is 2. The minimum absolute atomic E-state index is 0.0808. The Morgan fingerprint density at radius 2 is 2.00 bits per heavy atom. The van der Waals surface area contributed by atoms with E-state index in [1.54, 1.807) is 12.1 Å². The average Bonchev–Trinajstić information content (AvgIpc) is 2.96. The SMILES string of the molecule is O=C(CN1CCc2cc([N+](=O)[O-])ccc21)OCc1ccccc1. The number of non-ortho nitro benzene ring substituents is 1. The van der Waals surface area contributed by atoms with Crippen molar-refractivity contribution in [3.8, 4) is 0 Å². The van der Waals surface area contributed by atoms with Crippen LogP contribution in [0.1, 0.15) is 11.1 Å². The largest absolute Gasteiger partial charge is 0.459 e. The lowest BCUT2D eigenvalue weighted by molar-refractivity contribution is -0.384. The highest BCUT2D eigenvalue weighted by Gasteiger charge is 2.23. The van der Waals surface area contributed by atoms with Crippen molar-refractivity contribution < 1.29 is 14.5 Å². The number of nitro groups is 1. The molecule has 6 nitrogen and oxygen atoms in total. The lowest BCUT2D eigenvalue weighted by Gasteiger charge is -2.18. The van der Waals surface area contributed by atoms with Crippen LogP contribution in [0.3, 0.4) is 0 Å². The molecule has 0 N–H and O–H groups in total. The second-order valence-electron chi connectivity index (χ2n) is 5.39. The minimum Gasteiger partial charge on any atom is -0.459 e. The Labute approximate surface area is 133 Å². The summed E-state index contributed by atoms with van der Waals surface area (Å²) in [5.74, 6) is -0.306.